The Balaban J connectivity index is 1.66. The van der Waals surface area contributed by atoms with Crippen LogP contribution < -0.4 is 0 Å². The minimum absolute atomic E-state index is 0.359. The molecule has 0 aliphatic carbocycles. The predicted molar refractivity (Wildman–Crippen MR) is 81.7 cm³/mol. The summed E-state index contributed by atoms with van der Waals surface area (Å²) in [6.45, 7) is 3.22. The Morgan fingerprint density at radius 2 is 2.14 bits per heavy atom. The van der Waals surface area contributed by atoms with Crippen molar-refractivity contribution in [1.82, 2.24) is 19.9 Å². The number of fused-ring (bicyclic) bond motifs is 1. The van der Waals surface area contributed by atoms with Crippen molar-refractivity contribution in [1.29, 1.82) is 0 Å². The average Bonchev–Trinajstić information content (AvgIpc) is 3.21. The van der Waals surface area contributed by atoms with Crippen LogP contribution in [-0.2, 0) is 9.53 Å². The Labute approximate surface area is 128 Å². The number of carbonyl (C=O) groups is 1. The van der Waals surface area contributed by atoms with Gasteiger partial charge in [0.05, 0.1) is 11.9 Å². The number of H-pyrrole nitrogens is 1. The molecule has 0 saturated carbocycles. The normalized spacial score (nSPS) is 23.3. The van der Waals surface area contributed by atoms with E-state index in [0.29, 0.717) is 11.8 Å². The van der Waals surface area contributed by atoms with Gasteiger partial charge in [0.2, 0.25) is 6.41 Å². The number of hydrogen-bond donors (Lipinski definition) is 1. The molecule has 2 aromatic heterocycles. The van der Waals surface area contributed by atoms with Gasteiger partial charge in [-0.1, -0.05) is 0 Å². The Morgan fingerprint density at radius 3 is 2.91 bits per heavy atom. The zero-order chi connectivity index (χ0) is 14.9. The van der Waals surface area contributed by atoms with E-state index in [0.717, 1.165) is 68.8 Å². The summed E-state index contributed by atoms with van der Waals surface area (Å²) < 4.78 is 5.43. The van der Waals surface area contributed by atoms with Crippen LogP contribution in [0.1, 0.15) is 42.4 Å². The van der Waals surface area contributed by atoms with Crippen molar-refractivity contribution in [2.45, 2.75) is 31.1 Å². The monoisotopic (exact) mass is 300 g/mol. The predicted octanol–water partition coefficient (Wildman–Crippen LogP) is 1.80. The first-order valence-corrected chi connectivity index (χ1v) is 7.96. The molecule has 0 bridgehead atoms. The van der Waals surface area contributed by atoms with Crippen LogP contribution >= 0.6 is 0 Å². The highest BCUT2D eigenvalue weighted by molar-refractivity contribution is 5.76. The average molecular weight is 300 g/mol. The highest BCUT2D eigenvalue weighted by Gasteiger charge is 2.26. The number of aromatic nitrogens is 3. The van der Waals surface area contributed by atoms with E-state index < -0.39 is 0 Å². The highest BCUT2D eigenvalue weighted by atomic mass is 16.5. The number of nitrogens with one attached hydrogen (secondary N) is 1. The van der Waals surface area contributed by atoms with Crippen molar-refractivity contribution in [3.05, 3.63) is 23.7 Å². The summed E-state index contributed by atoms with van der Waals surface area (Å²) in [7, 11) is 0. The van der Waals surface area contributed by atoms with Crippen LogP contribution in [0, 0.1) is 0 Å². The van der Waals surface area contributed by atoms with Gasteiger partial charge >= 0.3 is 0 Å². The van der Waals surface area contributed by atoms with Crippen LogP contribution in [0.15, 0.2) is 12.4 Å². The lowest BCUT2D eigenvalue weighted by atomic mass is 9.96. The highest BCUT2D eigenvalue weighted by Crippen LogP contribution is 2.32. The molecule has 2 aliphatic rings. The van der Waals surface area contributed by atoms with E-state index >= 15 is 0 Å². The lowest BCUT2D eigenvalue weighted by Gasteiger charge is -2.21. The zero-order valence-electron chi connectivity index (χ0n) is 12.5. The van der Waals surface area contributed by atoms with Crippen molar-refractivity contribution >= 4 is 17.6 Å². The summed E-state index contributed by atoms with van der Waals surface area (Å²) in [5, 5.41) is 0. The molecule has 0 radical (unpaired) electrons. The van der Waals surface area contributed by atoms with Crippen molar-refractivity contribution in [2.75, 3.05) is 26.3 Å². The van der Waals surface area contributed by atoms with Crippen LogP contribution in [0.4, 0.5) is 0 Å². The molecule has 6 nitrogen and oxygen atoms in total. The maximum atomic E-state index is 10.9. The van der Waals surface area contributed by atoms with Gasteiger partial charge in [0.25, 0.3) is 0 Å². The van der Waals surface area contributed by atoms with Crippen LogP contribution in [0.5, 0.6) is 0 Å². The fraction of sp³-hybridized carbons (Fsp3) is 0.562. The maximum absolute atomic E-state index is 10.9. The lowest BCUT2D eigenvalue weighted by molar-refractivity contribution is -0.117. The summed E-state index contributed by atoms with van der Waals surface area (Å²) in [5.74, 6) is 0.807. The molecule has 22 heavy (non-hydrogen) atoms. The van der Waals surface area contributed by atoms with Gasteiger partial charge in [-0.3, -0.25) is 4.79 Å². The van der Waals surface area contributed by atoms with Gasteiger partial charge in [0.15, 0.2) is 5.65 Å². The van der Waals surface area contributed by atoms with Gasteiger partial charge in [-0.25, -0.2) is 9.97 Å². The maximum Gasteiger partial charge on any atom is 0.209 e. The van der Waals surface area contributed by atoms with Gasteiger partial charge in [0, 0.05) is 49.9 Å². The number of amides is 1. The van der Waals surface area contributed by atoms with Gasteiger partial charge in [-0.2, -0.15) is 0 Å². The first-order chi connectivity index (χ1) is 10.8. The minimum atomic E-state index is 0.359. The zero-order valence-corrected chi connectivity index (χ0v) is 12.5. The van der Waals surface area contributed by atoms with Gasteiger partial charge in [-0.15, -0.1) is 0 Å². The fourth-order valence-corrected chi connectivity index (χ4v) is 3.56. The second-order valence-corrected chi connectivity index (χ2v) is 6.21. The molecule has 2 fully saturated rings. The molecule has 2 aromatic rings. The molecule has 0 spiro atoms. The fourth-order valence-electron chi connectivity index (χ4n) is 3.56. The quantitative estimate of drug-likeness (QED) is 0.877. The molecule has 2 saturated heterocycles. The summed E-state index contributed by atoms with van der Waals surface area (Å²) >= 11 is 0. The SMILES string of the molecule is O=CN1CCC(c2c[nH]c3ncc(C4CCOCC4)nc23)C1. The van der Waals surface area contributed by atoms with Crippen molar-refractivity contribution < 1.29 is 9.53 Å². The van der Waals surface area contributed by atoms with E-state index in [-0.39, 0.29) is 0 Å². The van der Waals surface area contributed by atoms with Crippen molar-refractivity contribution in [2.24, 2.45) is 0 Å². The molecular formula is C16H20N4O2. The number of rotatable bonds is 3. The molecular weight excluding hydrogens is 280 g/mol. The Kier molecular flexibility index (Phi) is 3.54. The number of carbonyl (C=O) groups excluding carboxylic acids is 1. The van der Waals surface area contributed by atoms with E-state index in [1.54, 1.807) is 0 Å². The standard InChI is InChI=1S/C16H20N4O2/c21-10-20-4-1-12(9-20)13-7-17-16-15(13)19-14(8-18-16)11-2-5-22-6-3-11/h7-8,10-12H,1-6,9H2,(H,17,18). The van der Waals surface area contributed by atoms with E-state index in [9.17, 15) is 4.79 Å². The van der Waals surface area contributed by atoms with Crippen LogP contribution in [0.3, 0.4) is 0 Å². The summed E-state index contributed by atoms with van der Waals surface area (Å²) in [6, 6.07) is 0. The lowest BCUT2D eigenvalue weighted by Crippen LogP contribution is -2.17. The number of likely N-dealkylation sites (tertiary alicyclic amines) is 1. The largest absolute Gasteiger partial charge is 0.381 e. The van der Waals surface area contributed by atoms with Crippen molar-refractivity contribution in [3.8, 4) is 0 Å². The van der Waals surface area contributed by atoms with Gasteiger partial charge < -0.3 is 14.6 Å². The number of ether oxygens (including phenoxy) is 1. The third-order valence-electron chi connectivity index (χ3n) is 4.88. The smallest absolute Gasteiger partial charge is 0.209 e. The first-order valence-electron chi connectivity index (χ1n) is 7.96. The Bertz CT molecular complexity index is 678. The summed E-state index contributed by atoms with van der Waals surface area (Å²) in [6.07, 6.45) is 7.87. The second-order valence-electron chi connectivity index (χ2n) is 6.21. The number of aromatic amines is 1. The summed E-state index contributed by atoms with van der Waals surface area (Å²) in [4.78, 5) is 25.4. The van der Waals surface area contributed by atoms with Crippen molar-refractivity contribution in [3.63, 3.8) is 0 Å². The Hall–Kier alpha value is -1.95. The summed E-state index contributed by atoms with van der Waals surface area (Å²) in [5.41, 5.74) is 4.08. The van der Waals surface area contributed by atoms with E-state index in [4.69, 9.17) is 9.72 Å². The minimum Gasteiger partial charge on any atom is -0.381 e. The number of hydrogen-bond acceptors (Lipinski definition) is 4. The molecule has 116 valence electrons. The molecule has 1 unspecified atom stereocenters. The third-order valence-corrected chi connectivity index (χ3v) is 4.88. The molecule has 1 atom stereocenters. The molecule has 2 aliphatic heterocycles. The topological polar surface area (TPSA) is 71.1 Å². The molecule has 0 aromatic carbocycles. The van der Waals surface area contributed by atoms with E-state index in [1.165, 1.54) is 5.56 Å². The second kappa shape index (κ2) is 5.68. The molecule has 4 heterocycles. The first kappa shape index (κ1) is 13.7. The van der Waals surface area contributed by atoms with Gasteiger partial charge in [0.1, 0.15) is 5.52 Å². The van der Waals surface area contributed by atoms with Crippen LogP contribution in [-0.4, -0.2) is 52.6 Å². The Morgan fingerprint density at radius 1 is 1.27 bits per heavy atom. The number of nitrogens with zero attached hydrogens (tertiary/aromatic N) is 3. The van der Waals surface area contributed by atoms with E-state index in [2.05, 4.69) is 9.97 Å². The molecule has 4 rings (SSSR count). The van der Waals surface area contributed by atoms with Gasteiger partial charge in [-0.05, 0) is 19.3 Å². The molecule has 6 heteroatoms. The molecule has 1 N–H and O–H groups in total. The van der Waals surface area contributed by atoms with Crippen LogP contribution in [0.2, 0.25) is 0 Å². The van der Waals surface area contributed by atoms with Crippen LogP contribution in [0.25, 0.3) is 11.2 Å². The molecule has 1 amide bonds. The van der Waals surface area contributed by atoms with E-state index in [1.807, 2.05) is 17.3 Å². The third kappa shape index (κ3) is 2.37.